The van der Waals surface area contributed by atoms with Gasteiger partial charge in [0.25, 0.3) is 0 Å². The van der Waals surface area contributed by atoms with Gasteiger partial charge in [0, 0.05) is 7.11 Å². The van der Waals surface area contributed by atoms with E-state index in [9.17, 15) is 9.59 Å². The molecule has 1 atom stereocenters. The van der Waals surface area contributed by atoms with Crippen molar-refractivity contribution < 1.29 is 19.4 Å². The van der Waals surface area contributed by atoms with Gasteiger partial charge in [-0.1, -0.05) is 13.8 Å². The lowest BCUT2D eigenvalue weighted by Crippen LogP contribution is -2.54. The summed E-state index contributed by atoms with van der Waals surface area (Å²) < 4.78 is 4.69. The van der Waals surface area contributed by atoms with Crippen molar-refractivity contribution in [1.29, 1.82) is 0 Å². The Morgan fingerprint density at radius 1 is 1.44 bits per heavy atom. The predicted octanol–water partition coefficient (Wildman–Crippen LogP) is -0.280. The Kier molecular flexibility index (Phi) is 5.98. The Balaban J connectivity index is 4.30. The number of amides is 1. The van der Waals surface area contributed by atoms with Gasteiger partial charge in [0.2, 0.25) is 5.91 Å². The van der Waals surface area contributed by atoms with E-state index in [1.807, 2.05) is 13.8 Å². The highest BCUT2D eigenvalue weighted by molar-refractivity contribution is 5.86. The van der Waals surface area contributed by atoms with E-state index in [1.54, 1.807) is 0 Å². The lowest BCUT2D eigenvalue weighted by molar-refractivity contribution is -0.148. The van der Waals surface area contributed by atoms with Crippen LogP contribution in [-0.4, -0.2) is 42.3 Å². The minimum atomic E-state index is -1.11. The molecule has 94 valence electrons. The molecule has 0 aromatic heterocycles. The SMILES string of the molecule is CCC(N)(CC)C(=O)NCC(OC)C(=O)O. The van der Waals surface area contributed by atoms with E-state index in [0.29, 0.717) is 12.8 Å². The molecule has 0 aromatic rings. The van der Waals surface area contributed by atoms with Crippen molar-refractivity contribution in [3.05, 3.63) is 0 Å². The number of aliphatic carboxylic acids is 1. The van der Waals surface area contributed by atoms with Gasteiger partial charge in [-0.2, -0.15) is 0 Å². The molecule has 0 heterocycles. The molecule has 1 amide bonds. The maximum absolute atomic E-state index is 11.7. The van der Waals surface area contributed by atoms with Crippen molar-refractivity contribution in [3.63, 3.8) is 0 Å². The van der Waals surface area contributed by atoms with Crippen LogP contribution >= 0.6 is 0 Å². The lowest BCUT2D eigenvalue weighted by atomic mass is 9.93. The predicted molar refractivity (Wildman–Crippen MR) is 58.9 cm³/mol. The molecule has 1 unspecified atom stereocenters. The molecule has 0 fully saturated rings. The summed E-state index contributed by atoms with van der Waals surface area (Å²) >= 11 is 0. The Hall–Kier alpha value is -1.14. The topological polar surface area (TPSA) is 102 Å². The van der Waals surface area contributed by atoms with Gasteiger partial charge in [-0.05, 0) is 12.8 Å². The molecule has 16 heavy (non-hydrogen) atoms. The van der Waals surface area contributed by atoms with Crippen molar-refractivity contribution in [2.75, 3.05) is 13.7 Å². The third-order valence-corrected chi connectivity index (χ3v) is 2.72. The normalized spacial score (nSPS) is 13.2. The van der Waals surface area contributed by atoms with Gasteiger partial charge in [-0.3, -0.25) is 4.79 Å². The summed E-state index contributed by atoms with van der Waals surface area (Å²) in [6.07, 6.45) is -0.0398. The van der Waals surface area contributed by atoms with Crippen LogP contribution in [0.4, 0.5) is 0 Å². The number of rotatable bonds is 7. The minimum Gasteiger partial charge on any atom is -0.479 e. The van der Waals surface area contributed by atoms with Gasteiger partial charge in [0.05, 0.1) is 12.1 Å². The van der Waals surface area contributed by atoms with Gasteiger partial charge in [0.1, 0.15) is 0 Å². The van der Waals surface area contributed by atoms with Gasteiger partial charge >= 0.3 is 5.97 Å². The molecule has 0 saturated heterocycles. The highest BCUT2D eigenvalue weighted by Crippen LogP contribution is 2.10. The molecular formula is C10H20N2O4. The Bertz CT molecular complexity index is 251. The molecule has 0 bridgehead atoms. The van der Waals surface area contributed by atoms with Crippen LogP contribution in [0.3, 0.4) is 0 Å². The van der Waals surface area contributed by atoms with E-state index in [-0.39, 0.29) is 12.5 Å². The highest BCUT2D eigenvalue weighted by Gasteiger charge is 2.30. The van der Waals surface area contributed by atoms with Gasteiger partial charge in [0.15, 0.2) is 6.10 Å². The lowest BCUT2D eigenvalue weighted by Gasteiger charge is -2.25. The standard InChI is InChI=1S/C10H20N2O4/c1-4-10(11,5-2)9(15)12-6-7(16-3)8(13)14/h7H,4-6,11H2,1-3H3,(H,12,15)(H,13,14). The Labute approximate surface area is 95.1 Å². The second-order valence-electron chi connectivity index (χ2n) is 3.64. The molecule has 0 aliphatic heterocycles. The van der Waals surface area contributed by atoms with Crippen LogP contribution in [0.2, 0.25) is 0 Å². The number of carboxylic acids is 1. The summed E-state index contributed by atoms with van der Waals surface area (Å²) in [7, 11) is 1.28. The van der Waals surface area contributed by atoms with Crippen LogP contribution < -0.4 is 11.1 Å². The van der Waals surface area contributed by atoms with Crippen LogP contribution in [0.1, 0.15) is 26.7 Å². The van der Waals surface area contributed by atoms with Crippen molar-refractivity contribution in [3.8, 4) is 0 Å². The number of carboxylic acid groups (broad SMARTS) is 1. The maximum Gasteiger partial charge on any atom is 0.334 e. The quantitative estimate of drug-likeness (QED) is 0.560. The average Bonchev–Trinajstić information content (AvgIpc) is 2.28. The number of nitrogens with one attached hydrogen (secondary N) is 1. The summed E-state index contributed by atoms with van der Waals surface area (Å²) in [4.78, 5) is 22.3. The van der Waals surface area contributed by atoms with Crippen LogP contribution in [0, 0.1) is 0 Å². The molecule has 0 aromatic carbocycles. The Morgan fingerprint density at radius 3 is 2.25 bits per heavy atom. The largest absolute Gasteiger partial charge is 0.479 e. The third kappa shape index (κ3) is 3.79. The summed E-state index contributed by atoms with van der Waals surface area (Å²) in [6, 6.07) is 0. The summed E-state index contributed by atoms with van der Waals surface area (Å²) in [5.41, 5.74) is 4.91. The number of carbonyl (C=O) groups is 2. The second kappa shape index (κ2) is 6.44. The summed E-state index contributed by atoms with van der Waals surface area (Å²) in [6.45, 7) is 3.55. The van der Waals surface area contributed by atoms with E-state index in [2.05, 4.69) is 10.1 Å². The van der Waals surface area contributed by atoms with Crippen LogP contribution in [0.5, 0.6) is 0 Å². The van der Waals surface area contributed by atoms with Gasteiger partial charge in [-0.25, -0.2) is 4.79 Å². The first kappa shape index (κ1) is 14.9. The van der Waals surface area contributed by atoms with Crippen LogP contribution in [0.25, 0.3) is 0 Å². The van der Waals surface area contributed by atoms with Crippen LogP contribution in [-0.2, 0) is 14.3 Å². The zero-order valence-electron chi connectivity index (χ0n) is 9.95. The first-order chi connectivity index (χ1) is 7.41. The van der Waals surface area contributed by atoms with Crippen LogP contribution in [0.15, 0.2) is 0 Å². The molecule has 6 heteroatoms. The molecule has 0 rings (SSSR count). The first-order valence-corrected chi connectivity index (χ1v) is 5.24. The van der Waals surface area contributed by atoms with E-state index >= 15 is 0 Å². The molecule has 0 saturated carbocycles. The maximum atomic E-state index is 11.7. The molecule has 4 N–H and O–H groups in total. The molecule has 0 spiro atoms. The molecule has 0 aliphatic rings. The van der Waals surface area contributed by atoms with Crippen molar-refractivity contribution in [2.24, 2.45) is 5.73 Å². The minimum absolute atomic E-state index is 0.0797. The zero-order valence-corrected chi connectivity index (χ0v) is 9.95. The third-order valence-electron chi connectivity index (χ3n) is 2.72. The number of methoxy groups -OCH3 is 1. The number of ether oxygens (including phenoxy) is 1. The van der Waals surface area contributed by atoms with Crippen molar-refractivity contribution in [1.82, 2.24) is 5.32 Å². The summed E-state index contributed by atoms with van der Waals surface area (Å²) in [5, 5.41) is 11.2. The van der Waals surface area contributed by atoms with E-state index in [1.165, 1.54) is 7.11 Å². The van der Waals surface area contributed by atoms with Crippen molar-refractivity contribution in [2.45, 2.75) is 38.3 Å². The van der Waals surface area contributed by atoms with Crippen molar-refractivity contribution >= 4 is 11.9 Å². The van der Waals surface area contributed by atoms with Gasteiger partial charge in [-0.15, -0.1) is 0 Å². The second-order valence-corrected chi connectivity index (χ2v) is 3.64. The monoisotopic (exact) mass is 232 g/mol. The fraction of sp³-hybridized carbons (Fsp3) is 0.800. The Morgan fingerprint density at radius 2 is 1.94 bits per heavy atom. The first-order valence-electron chi connectivity index (χ1n) is 5.24. The molecule has 6 nitrogen and oxygen atoms in total. The number of hydrogen-bond acceptors (Lipinski definition) is 4. The smallest absolute Gasteiger partial charge is 0.334 e. The van der Waals surface area contributed by atoms with E-state index in [0.717, 1.165) is 0 Å². The summed E-state index contributed by atoms with van der Waals surface area (Å²) in [5.74, 6) is -1.46. The number of hydrogen-bond donors (Lipinski definition) is 3. The number of carbonyl (C=O) groups excluding carboxylic acids is 1. The molecule has 0 aliphatic carbocycles. The highest BCUT2D eigenvalue weighted by atomic mass is 16.5. The fourth-order valence-electron chi connectivity index (χ4n) is 1.20. The van der Waals surface area contributed by atoms with E-state index < -0.39 is 17.6 Å². The number of nitrogens with two attached hydrogens (primary N) is 1. The van der Waals surface area contributed by atoms with E-state index in [4.69, 9.17) is 10.8 Å². The zero-order chi connectivity index (χ0) is 12.8. The molecular weight excluding hydrogens is 212 g/mol. The average molecular weight is 232 g/mol. The molecule has 0 radical (unpaired) electrons. The van der Waals surface area contributed by atoms with Gasteiger partial charge < -0.3 is 20.9 Å². The fourth-order valence-corrected chi connectivity index (χ4v) is 1.20.